The van der Waals surface area contributed by atoms with Gasteiger partial charge in [-0.2, -0.15) is 0 Å². The van der Waals surface area contributed by atoms with Crippen LogP contribution < -0.4 is 5.73 Å². The molecule has 2 unspecified atom stereocenters. The van der Waals surface area contributed by atoms with Gasteiger partial charge in [0.1, 0.15) is 11.6 Å². The molecular formula is C16H27N3O6. The van der Waals surface area contributed by atoms with Gasteiger partial charge in [-0.1, -0.05) is 13.8 Å². The zero-order valence-electron chi connectivity index (χ0n) is 14.7. The first-order chi connectivity index (χ1) is 11.8. The summed E-state index contributed by atoms with van der Waals surface area (Å²) in [5.41, 5.74) is 4.39. The second-order valence-corrected chi connectivity index (χ2v) is 5.92. The largest absolute Gasteiger partial charge is 0.481 e. The highest BCUT2D eigenvalue weighted by Gasteiger charge is 2.56. The molecule has 1 spiro atoms. The van der Waals surface area contributed by atoms with Crippen LogP contribution in [0.4, 0.5) is 0 Å². The molecule has 0 aliphatic carbocycles. The lowest BCUT2D eigenvalue weighted by molar-refractivity contribution is -0.153. The number of hydrogen-bond donors (Lipinski definition) is 3. The normalized spacial score (nSPS) is 23.4. The molecule has 9 heteroatoms. The van der Waals surface area contributed by atoms with Gasteiger partial charge in [0.25, 0.3) is 0 Å². The average Bonchev–Trinajstić information content (AvgIpc) is 3.15. The fourth-order valence-corrected chi connectivity index (χ4v) is 3.59. The smallest absolute Gasteiger partial charge is 0.326 e. The van der Waals surface area contributed by atoms with Crippen LogP contribution in [0, 0.1) is 0 Å². The van der Waals surface area contributed by atoms with Gasteiger partial charge in [0, 0.05) is 19.5 Å². The Balaban J connectivity index is 0.00000151. The Morgan fingerprint density at radius 2 is 1.84 bits per heavy atom. The van der Waals surface area contributed by atoms with Crippen LogP contribution in [-0.4, -0.2) is 75.0 Å². The van der Waals surface area contributed by atoms with Gasteiger partial charge in [-0.3, -0.25) is 14.4 Å². The molecule has 2 saturated heterocycles. The van der Waals surface area contributed by atoms with E-state index in [1.165, 1.54) is 9.80 Å². The number of carbonyl (C=O) groups excluding carboxylic acids is 2. The highest BCUT2D eigenvalue weighted by Crippen LogP contribution is 2.39. The van der Waals surface area contributed by atoms with Crippen LogP contribution in [0.25, 0.3) is 0 Å². The highest BCUT2D eigenvalue weighted by molar-refractivity contribution is 5.96. The molecular weight excluding hydrogens is 330 g/mol. The number of aliphatic carboxylic acids is 2. The van der Waals surface area contributed by atoms with Gasteiger partial charge >= 0.3 is 11.9 Å². The summed E-state index contributed by atoms with van der Waals surface area (Å²) in [5, 5.41) is 18.1. The lowest BCUT2D eigenvalue weighted by Crippen LogP contribution is -2.56. The number of hydrogen-bond acceptors (Lipinski definition) is 5. The Hall–Kier alpha value is -2.16. The molecule has 9 nitrogen and oxygen atoms in total. The Bertz CT molecular complexity index is 538. The molecule has 2 aliphatic heterocycles. The number of amides is 2. The highest BCUT2D eigenvalue weighted by atomic mass is 16.4. The van der Waals surface area contributed by atoms with Crippen molar-refractivity contribution in [1.82, 2.24) is 9.80 Å². The van der Waals surface area contributed by atoms with Gasteiger partial charge in [-0.25, -0.2) is 4.79 Å². The van der Waals surface area contributed by atoms with Crippen molar-refractivity contribution in [2.45, 2.75) is 57.5 Å². The summed E-state index contributed by atoms with van der Waals surface area (Å²) in [6.07, 6.45) is 1.02. The third kappa shape index (κ3) is 4.09. The lowest BCUT2D eigenvalue weighted by Gasteiger charge is -2.34. The minimum Gasteiger partial charge on any atom is -0.481 e. The zero-order chi connectivity index (χ0) is 19.2. The molecule has 2 heterocycles. The van der Waals surface area contributed by atoms with Crippen molar-refractivity contribution in [1.29, 1.82) is 0 Å². The Morgan fingerprint density at radius 3 is 2.36 bits per heavy atom. The van der Waals surface area contributed by atoms with E-state index in [0.29, 0.717) is 25.8 Å². The summed E-state index contributed by atoms with van der Waals surface area (Å²) in [7, 11) is 0. The van der Waals surface area contributed by atoms with E-state index in [9.17, 15) is 24.3 Å². The van der Waals surface area contributed by atoms with Crippen LogP contribution in [0.2, 0.25) is 0 Å². The number of carboxylic acid groups (broad SMARTS) is 2. The summed E-state index contributed by atoms with van der Waals surface area (Å²) >= 11 is 0. The topological polar surface area (TPSA) is 141 Å². The fraction of sp³-hybridized carbons (Fsp3) is 0.750. The van der Waals surface area contributed by atoms with E-state index in [4.69, 9.17) is 10.8 Å². The first-order valence-corrected chi connectivity index (χ1v) is 8.59. The number of nitrogens with zero attached hydrogens (tertiary/aromatic N) is 2. The number of carboxylic acids is 2. The van der Waals surface area contributed by atoms with Crippen molar-refractivity contribution in [3.63, 3.8) is 0 Å². The lowest BCUT2D eigenvalue weighted by atomic mass is 9.94. The van der Waals surface area contributed by atoms with Crippen molar-refractivity contribution in [3.05, 3.63) is 0 Å². The second-order valence-electron chi connectivity index (χ2n) is 5.92. The molecule has 142 valence electrons. The average molecular weight is 357 g/mol. The minimum atomic E-state index is -1.23. The Labute approximate surface area is 146 Å². The van der Waals surface area contributed by atoms with E-state index in [1.54, 1.807) is 0 Å². The van der Waals surface area contributed by atoms with Crippen molar-refractivity contribution < 1.29 is 29.4 Å². The fourth-order valence-electron chi connectivity index (χ4n) is 3.59. The van der Waals surface area contributed by atoms with Crippen LogP contribution in [0.3, 0.4) is 0 Å². The second kappa shape index (κ2) is 8.80. The molecule has 25 heavy (non-hydrogen) atoms. The van der Waals surface area contributed by atoms with Crippen LogP contribution in [0.1, 0.15) is 46.0 Å². The van der Waals surface area contributed by atoms with Crippen molar-refractivity contribution >= 4 is 23.8 Å². The van der Waals surface area contributed by atoms with E-state index in [2.05, 4.69) is 0 Å². The molecule has 0 radical (unpaired) electrons. The quantitative estimate of drug-likeness (QED) is 0.602. The summed E-state index contributed by atoms with van der Waals surface area (Å²) in [4.78, 5) is 49.6. The predicted molar refractivity (Wildman–Crippen MR) is 88.7 cm³/mol. The van der Waals surface area contributed by atoms with Gasteiger partial charge in [0.15, 0.2) is 0 Å². The van der Waals surface area contributed by atoms with E-state index in [-0.39, 0.29) is 31.8 Å². The minimum absolute atomic E-state index is 0.155. The third-order valence-corrected chi connectivity index (χ3v) is 4.68. The standard InChI is InChI=1S/C14H21N3O6.C2H6/c15-8-10(18)17-6-1-4-14(17)5-7-16(13(14)23)9(12(21)22)2-3-11(19)20;1-2/h9H,1-8,15H2,(H,19,20)(H,21,22);1-2H3. The van der Waals surface area contributed by atoms with Gasteiger partial charge in [0.05, 0.1) is 6.54 Å². The first-order valence-electron chi connectivity index (χ1n) is 8.59. The van der Waals surface area contributed by atoms with Crippen LogP contribution in [-0.2, 0) is 19.2 Å². The van der Waals surface area contributed by atoms with Crippen LogP contribution in [0.15, 0.2) is 0 Å². The maximum Gasteiger partial charge on any atom is 0.326 e. The molecule has 2 aliphatic rings. The zero-order valence-corrected chi connectivity index (χ0v) is 14.7. The molecule has 0 bridgehead atoms. The van der Waals surface area contributed by atoms with Crippen molar-refractivity contribution in [2.24, 2.45) is 5.73 Å². The molecule has 0 aromatic carbocycles. The molecule has 0 aromatic rings. The third-order valence-electron chi connectivity index (χ3n) is 4.68. The molecule has 2 rings (SSSR count). The first kappa shape index (κ1) is 20.9. The van der Waals surface area contributed by atoms with Gasteiger partial charge < -0.3 is 25.7 Å². The summed E-state index contributed by atoms with van der Waals surface area (Å²) in [6, 6.07) is -1.19. The van der Waals surface area contributed by atoms with E-state index < -0.39 is 29.4 Å². The Morgan fingerprint density at radius 1 is 1.20 bits per heavy atom. The number of nitrogens with two attached hydrogens (primary N) is 1. The van der Waals surface area contributed by atoms with Crippen LogP contribution >= 0.6 is 0 Å². The van der Waals surface area contributed by atoms with E-state index in [0.717, 1.165) is 0 Å². The predicted octanol–water partition coefficient (Wildman–Crippen LogP) is -0.117. The molecule has 0 saturated carbocycles. The van der Waals surface area contributed by atoms with Gasteiger partial charge in [-0.15, -0.1) is 0 Å². The summed E-state index contributed by atoms with van der Waals surface area (Å²) in [6.45, 7) is 4.43. The Kier molecular flexibility index (Phi) is 7.35. The number of rotatable bonds is 6. The number of likely N-dealkylation sites (tertiary alicyclic amines) is 2. The van der Waals surface area contributed by atoms with Gasteiger partial charge in [-0.05, 0) is 25.7 Å². The molecule has 2 atom stereocenters. The molecule has 2 amide bonds. The summed E-state index contributed by atoms with van der Waals surface area (Å²) < 4.78 is 0. The SMILES string of the molecule is CC.NCC(=O)N1CCCC12CCN(C(CCC(=O)O)C(=O)O)C2=O. The van der Waals surface area contributed by atoms with E-state index >= 15 is 0 Å². The molecule has 0 aromatic heterocycles. The van der Waals surface area contributed by atoms with Crippen molar-refractivity contribution in [3.8, 4) is 0 Å². The van der Waals surface area contributed by atoms with Gasteiger partial charge in [0.2, 0.25) is 11.8 Å². The molecule has 4 N–H and O–H groups in total. The maximum atomic E-state index is 12.8. The monoisotopic (exact) mass is 357 g/mol. The van der Waals surface area contributed by atoms with Crippen molar-refractivity contribution in [2.75, 3.05) is 19.6 Å². The van der Waals surface area contributed by atoms with Crippen LogP contribution in [0.5, 0.6) is 0 Å². The number of carbonyl (C=O) groups is 4. The maximum absolute atomic E-state index is 12.8. The molecule has 2 fully saturated rings. The van der Waals surface area contributed by atoms with E-state index in [1.807, 2.05) is 13.8 Å². The summed E-state index contributed by atoms with van der Waals surface area (Å²) in [5.74, 6) is -3.07.